The van der Waals surface area contributed by atoms with Gasteiger partial charge in [-0.15, -0.1) is 0 Å². The molecular formula is C14H21FN2O3. The first-order valence-electron chi connectivity index (χ1n) is 6.53. The number of halogens is 1. The van der Waals surface area contributed by atoms with Crippen LogP contribution in [0, 0.1) is 5.82 Å². The lowest BCUT2D eigenvalue weighted by molar-refractivity contribution is -0.127. The Morgan fingerprint density at radius 1 is 1.35 bits per heavy atom. The summed E-state index contributed by atoms with van der Waals surface area (Å²) in [6, 6.07) is 5.72. The predicted octanol–water partition coefficient (Wildman–Crippen LogP) is 0.945. The van der Waals surface area contributed by atoms with Gasteiger partial charge in [-0.05, 0) is 19.1 Å². The Balaban J connectivity index is 2.22. The Kier molecular flexibility index (Phi) is 7.60. The second-order valence-electron chi connectivity index (χ2n) is 4.25. The van der Waals surface area contributed by atoms with Crippen molar-refractivity contribution in [3.05, 3.63) is 30.1 Å². The van der Waals surface area contributed by atoms with E-state index in [0.717, 1.165) is 6.54 Å². The quantitative estimate of drug-likeness (QED) is 0.663. The molecule has 6 heteroatoms. The maximum atomic E-state index is 13.0. The number of benzene rings is 1. The van der Waals surface area contributed by atoms with E-state index in [1.54, 1.807) is 20.1 Å². The van der Waals surface area contributed by atoms with Crippen LogP contribution in [-0.2, 0) is 9.53 Å². The van der Waals surface area contributed by atoms with E-state index < -0.39 is 11.9 Å². The predicted molar refractivity (Wildman–Crippen MR) is 74.2 cm³/mol. The Morgan fingerprint density at radius 3 is 2.85 bits per heavy atom. The average Bonchev–Trinajstić information content (AvgIpc) is 2.42. The fraction of sp³-hybridized carbons (Fsp3) is 0.500. The van der Waals surface area contributed by atoms with Crippen LogP contribution in [0.2, 0.25) is 0 Å². The summed E-state index contributed by atoms with van der Waals surface area (Å²) in [7, 11) is 1.63. The van der Waals surface area contributed by atoms with Crippen LogP contribution < -0.4 is 15.4 Å². The highest BCUT2D eigenvalue weighted by Crippen LogP contribution is 2.13. The van der Waals surface area contributed by atoms with Gasteiger partial charge in [0.1, 0.15) is 11.6 Å². The van der Waals surface area contributed by atoms with Crippen molar-refractivity contribution in [3.63, 3.8) is 0 Å². The number of nitrogens with one attached hydrogen (secondary N) is 2. The van der Waals surface area contributed by atoms with Gasteiger partial charge in [-0.1, -0.05) is 6.07 Å². The van der Waals surface area contributed by atoms with E-state index in [9.17, 15) is 9.18 Å². The van der Waals surface area contributed by atoms with Crippen LogP contribution in [0.1, 0.15) is 6.92 Å². The van der Waals surface area contributed by atoms with Gasteiger partial charge in [0, 0.05) is 32.8 Å². The van der Waals surface area contributed by atoms with Crippen molar-refractivity contribution in [2.75, 3.05) is 33.4 Å². The normalized spacial score (nSPS) is 11.9. The van der Waals surface area contributed by atoms with E-state index in [2.05, 4.69) is 10.6 Å². The minimum Gasteiger partial charge on any atom is -0.481 e. The first-order chi connectivity index (χ1) is 9.63. The van der Waals surface area contributed by atoms with Gasteiger partial charge >= 0.3 is 0 Å². The van der Waals surface area contributed by atoms with Crippen molar-refractivity contribution in [3.8, 4) is 5.75 Å². The summed E-state index contributed by atoms with van der Waals surface area (Å²) in [6.45, 7) is 4.15. The number of hydrogen-bond donors (Lipinski definition) is 2. The Bertz CT molecular complexity index is 415. The zero-order valence-corrected chi connectivity index (χ0v) is 11.8. The first kappa shape index (κ1) is 16.4. The molecule has 1 atom stereocenters. The molecule has 1 aromatic carbocycles. The smallest absolute Gasteiger partial charge is 0.260 e. The second-order valence-corrected chi connectivity index (χ2v) is 4.25. The molecule has 1 aromatic rings. The van der Waals surface area contributed by atoms with Gasteiger partial charge in [-0.2, -0.15) is 0 Å². The summed E-state index contributed by atoms with van der Waals surface area (Å²) in [4.78, 5) is 11.7. The van der Waals surface area contributed by atoms with E-state index >= 15 is 0 Å². The number of carbonyl (C=O) groups is 1. The van der Waals surface area contributed by atoms with Crippen LogP contribution in [0.15, 0.2) is 24.3 Å². The SMILES string of the molecule is COCCNCCNC(=O)C(C)Oc1cccc(F)c1. The second kappa shape index (κ2) is 9.28. The molecular weight excluding hydrogens is 263 g/mol. The molecule has 1 rings (SSSR count). The highest BCUT2D eigenvalue weighted by Gasteiger charge is 2.13. The number of rotatable bonds is 9. The first-order valence-corrected chi connectivity index (χ1v) is 6.53. The zero-order valence-electron chi connectivity index (χ0n) is 11.8. The van der Waals surface area contributed by atoms with Gasteiger partial charge in [0.15, 0.2) is 6.10 Å². The van der Waals surface area contributed by atoms with Gasteiger partial charge in [-0.3, -0.25) is 4.79 Å². The highest BCUT2D eigenvalue weighted by atomic mass is 19.1. The van der Waals surface area contributed by atoms with Crippen LogP contribution in [0.3, 0.4) is 0 Å². The van der Waals surface area contributed by atoms with Gasteiger partial charge in [0.25, 0.3) is 5.91 Å². The minimum atomic E-state index is -0.671. The van der Waals surface area contributed by atoms with Crippen molar-refractivity contribution >= 4 is 5.91 Å². The maximum Gasteiger partial charge on any atom is 0.260 e. The molecule has 0 radical (unpaired) electrons. The molecule has 0 aliphatic carbocycles. The molecule has 2 N–H and O–H groups in total. The highest BCUT2D eigenvalue weighted by molar-refractivity contribution is 5.80. The average molecular weight is 284 g/mol. The molecule has 0 aromatic heterocycles. The number of amides is 1. The molecule has 1 amide bonds. The molecule has 0 aliphatic rings. The Labute approximate surface area is 118 Å². The summed E-state index contributed by atoms with van der Waals surface area (Å²) in [5, 5.41) is 5.84. The summed E-state index contributed by atoms with van der Waals surface area (Å²) in [6.07, 6.45) is -0.671. The lowest BCUT2D eigenvalue weighted by Crippen LogP contribution is -2.40. The fourth-order valence-electron chi connectivity index (χ4n) is 1.51. The van der Waals surface area contributed by atoms with Crippen molar-refractivity contribution < 1.29 is 18.7 Å². The lowest BCUT2D eigenvalue weighted by Gasteiger charge is -2.14. The minimum absolute atomic E-state index is 0.234. The van der Waals surface area contributed by atoms with Crippen LogP contribution in [0.5, 0.6) is 5.75 Å². The van der Waals surface area contributed by atoms with Crippen LogP contribution in [0.4, 0.5) is 4.39 Å². The summed E-state index contributed by atoms with van der Waals surface area (Å²) < 4.78 is 23.2. The van der Waals surface area contributed by atoms with Gasteiger partial charge in [-0.25, -0.2) is 4.39 Å². The maximum absolute atomic E-state index is 13.0. The van der Waals surface area contributed by atoms with Crippen LogP contribution >= 0.6 is 0 Å². The molecule has 20 heavy (non-hydrogen) atoms. The standard InChI is InChI=1S/C14H21FN2O3/c1-11(20-13-5-3-4-12(15)10-13)14(18)17-7-6-16-8-9-19-2/h3-5,10-11,16H,6-9H2,1-2H3,(H,17,18). The molecule has 0 saturated carbocycles. The Hall–Kier alpha value is -1.66. The largest absolute Gasteiger partial charge is 0.481 e. The van der Waals surface area contributed by atoms with E-state index in [1.165, 1.54) is 18.2 Å². The van der Waals surface area contributed by atoms with Crippen molar-refractivity contribution in [2.45, 2.75) is 13.0 Å². The summed E-state index contributed by atoms with van der Waals surface area (Å²) in [5.74, 6) is -0.286. The molecule has 5 nitrogen and oxygen atoms in total. The third-order valence-electron chi connectivity index (χ3n) is 2.56. The van der Waals surface area contributed by atoms with Crippen molar-refractivity contribution in [1.29, 1.82) is 0 Å². The molecule has 0 bridgehead atoms. The van der Waals surface area contributed by atoms with Gasteiger partial charge in [0.05, 0.1) is 6.61 Å². The molecule has 0 saturated heterocycles. The fourth-order valence-corrected chi connectivity index (χ4v) is 1.51. The van der Waals surface area contributed by atoms with E-state index in [0.29, 0.717) is 25.4 Å². The number of methoxy groups -OCH3 is 1. The third kappa shape index (κ3) is 6.49. The number of hydrogen-bond acceptors (Lipinski definition) is 4. The Morgan fingerprint density at radius 2 is 2.15 bits per heavy atom. The van der Waals surface area contributed by atoms with Crippen LogP contribution in [0.25, 0.3) is 0 Å². The molecule has 0 fully saturated rings. The molecule has 0 aliphatic heterocycles. The van der Waals surface area contributed by atoms with Crippen LogP contribution in [-0.4, -0.2) is 45.4 Å². The summed E-state index contributed by atoms with van der Waals surface area (Å²) >= 11 is 0. The molecule has 1 unspecified atom stereocenters. The van der Waals surface area contributed by atoms with Gasteiger partial charge < -0.3 is 20.1 Å². The molecule has 0 spiro atoms. The topological polar surface area (TPSA) is 59.6 Å². The van der Waals surface area contributed by atoms with Crippen molar-refractivity contribution in [2.24, 2.45) is 0 Å². The van der Waals surface area contributed by atoms with Crippen molar-refractivity contribution in [1.82, 2.24) is 10.6 Å². The molecule has 0 heterocycles. The van der Waals surface area contributed by atoms with Gasteiger partial charge in [0.2, 0.25) is 0 Å². The van der Waals surface area contributed by atoms with E-state index in [4.69, 9.17) is 9.47 Å². The van der Waals surface area contributed by atoms with E-state index in [1.807, 2.05) is 0 Å². The monoisotopic (exact) mass is 284 g/mol. The molecule has 112 valence electrons. The zero-order chi connectivity index (χ0) is 14.8. The lowest BCUT2D eigenvalue weighted by atomic mass is 10.3. The third-order valence-corrected chi connectivity index (χ3v) is 2.56. The number of carbonyl (C=O) groups excluding carboxylic acids is 1. The summed E-state index contributed by atoms with van der Waals surface area (Å²) in [5.41, 5.74) is 0. The number of ether oxygens (including phenoxy) is 2. The van der Waals surface area contributed by atoms with E-state index in [-0.39, 0.29) is 5.91 Å².